The van der Waals surface area contributed by atoms with Gasteiger partial charge in [-0.05, 0) is 32.4 Å². The highest BCUT2D eigenvalue weighted by Crippen LogP contribution is 2.31. The Kier molecular flexibility index (Phi) is 4.52. The minimum Gasteiger partial charge on any atom is -0.390 e. The summed E-state index contributed by atoms with van der Waals surface area (Å²) in [5.41, 5.74) is 1.30. The third kappa shape index (κ3) is 3.58. The fraction of sp³-hybridized carbons (Fsp3) is 0.294. The van der Waals surface area contributed by atoms with Crippen molar-refractivity contribution >= 4 is 38.0 Å². The zero-order chi connectivity index (χ0) is 19.1. The molecule has 0 aliphatic heterocycles. The highest BCUT2D eigenvalue weighted by Gasteiger charge is 2.23. The molecule has 26 heavy (non-hydrogen) atoms. The summed E-state index contributed by atoms with van der Waals surface area (Å²) in [6.45, 7) is 5.14. The number of aromatic amines is 1. The molecule has 0 aliphatic carbocycles. The SMILES string of the molecule is Cc1ccc(NS(=O)(=O)c2cnc(CC(C)(C)O)s2)c2[nH]cc(C#N)c12. The smallest absolute Gasteiger partial charge is 0.273 e. The molecule has 136 valence electrons. The van der Waals surface area contributed by atoms with Gasteiger partial charge in [0.2, 0.25) is 0 Å². The molecular formula is C17H18N4O3S2. The van der Waals surface area contributed by atoms with Crippen LogP contribution in [-0.2, 0) is 16.4 Å². The number of H-pyrrole nitrogens is 1. The average Bonchev–Trinajstić information content (AvgIpc) is 3.15. The first kappa shape index (κ1) is 18.4. The fourth-order valence-electron chi connectivity index (χ4n) is 2.66. The van der Waals surface area contributed by atoms with Crippen LogP contribution in [0.15, 0.2) is 28.7 Å². The molecule has 7 nitrogen and oxygen atoms in total. The Morgan fingerprint density at radius 2 is 2.15 bits per heavy atom. The number of nitrogens with one attached hydrogen (secondary N) is 2. The summed E-state index contributed by atoms with van der Waals surface area (Å²) in [5, 5.41) is 20.3. The lowest BCUT2D eigenvalue weighted by Crippen LogP contribution is -2.21. The van der Waals surface area contributed by atoms with Gasteiger partial charge in [0, 0.05) is 18.0 Å². The van der Waals surface area contributed by atoms with E-state index in [-0.39, 0.29) is 10.6 Å². The molecule has 0 saturated carbocycles. The maximum atomic E-state index is 12.7. The van der Waals surface area contributed by atoms with E-state index in [1.165, 1.54) is 6.20 Å². The van der Waals surface area contributed by atoms with Crippen molar-refractivity contribution in [2.75, 3.05) is 4.72 Å². The molecule has 0 amide bonds. The van der Waals surface area contributed by atoms with E-state index in [2.05, 4.69) is 20.8 Å². The Morgan fingerprint density at radius 1 is 1.42 bits per heavy atom. The number of anilines is 1. The third-order valence-electron chi connectivity index (χ3n) is 3.79. The number of aromatic nitrogens is 2. The Hall–Kier alpha value is -2.41. The van der Waals surface area contributed by atoms with Gasteiger partial charge in [-0.2, -0.15) is 5.26 Å². The van der Waals surface area contributed by atoms with Gasteiger partial charge in [0.15, 0.2) is 4.21 Å². The first-order valence-electron chi connectivity index (χ1n) is 7.81. The normalized spacial score (nSPS) is 12.3. The lowest BCUT2D eigenvalue weighted by atomic mass is 10.1. The molecular weight excluding hydrogens is 372 g/mol. The van der Waals surface area contributed by atoms with Crippen molar-refractivity contribution in [3.63, 3.8) is 0 Å². The van der Waals surface area contributed by atoms with E-state index < -0.39 is 15.6 Å². The molecule has 1 aromatic carbocycles. The van der Waals surface area contributed by atoms with Crippen molar-refractivity contribution in [2.45, 2.75) is 37.0 Å². The van der Waals surface area contributed by atoms with Crippen LogP contribution in [-0.4, -0.2) is 29.1 Å². The number of nitrogens with zero attached hydrogens (tertiary/aromatic N) is 2. The number of hydrogen-bond acceptors (Lipinski definition) is 6. The predicted octanol–water partition coefficient (Wildman–Crippen LogP) is 2.92. The van der Waals surface area contributed by atoms with Crippen LogP contribution in [0.4, 0.5) is 5.69 Å². The summed E-state index contributed by atoms with van der Waals surface area (Å²) < 4.78 is 28.0. The van der Waals surface area contributed by atoms with E-state index in [0.717, 1.165) is 16.9 Å². The highest BCUT2D eigenvalue weighted by atomic mass is 32.2. The lowest BCUT2D eigenvalue weighted by Gasteiger charge is -2.14. The Morgan fingerprint density at radius 3 is 2.81 bits per heavy atom. The zero-order valence-corrected chi connectivity index (χ0v) is 16.1. The van der Waals surface area contributed by atoms with Gasteiger partial charge in [0.1, 0.15) is 6.07 Å². The van der Waals surface area contributed by atoms with Gasteiger partial charge in [-0.15, -0.1) is 11.3 Å². The van der Waals surface area contributed by atoms with Crippen LogP contribution in [0.2, 0.25) is 0 Å². The molecule has 0 aliphatic rings. The van der Waals surface area contributed by atoms with Crippen LogP contribution < -0.4 is 4.72 Å². The molecule has 0 bridgehead atoms. The molecule has 2 heterocycles. The Balaban J connectivity index is 1.96. The van der Waals surface area contributed by atoms with E-state index in [9.17, 15) is 18.8 Å². The van der Waals surface area contributed by atoms with Crippen molar-refractivity contribution in [3.05, 3.63) is 40.7 Å². The van der Waals surface area contributed by atoms with Crippen LogP contribution in [0.3, 0.4) is 0 Å². The monoisotopic (exact) mass is 390 g/mol. The highest BCUT2D eigenvalue weighted by molar-refractivity contribution is 7.94. The van der Waals surface area contributed by atoms with Crippen molar-refractivity contribution < 1.29 is 13.5 Å². The van der Waals surface area contributed by atoms with Crippen molar-refractivity contribution in [1.82, 2.24) is 9.97 Å². The summed E-state index contributed by atoms with van der Waals surface area (Å²) in [7, 11) is -3.83. The van der Waals surface area contributed by atoms with Crippen LogP contribution in [0.1, 0.15) is 30.0 Å². The van der Waals surface area contributed by atoms with E-state index in [1.807, 2.05) is 6.92 Å². The average molecular weight is 390 g/mol. The van der Waals surface area contributed by atoms with Crippen molar-refractivity contribution in [2.24, 2.45) is 0 Å². The van der Waals surface area contributed by atoms with Crippen LogP contribution in [0, 0.1) is 18.3 Å². The second-order valence-electron chi connectivity index (χ2n) is 6.66. The van der Waals surface area contributed by atoms with Gasteiger partial charge in [-0.25, -0.2) is 13.4 Å². The number of nitriles is 1. The van der Waals surface area contributed by atoms with Gasteiger partial charge < -0.3 is 10.1 Å². The standard InChI is InChI=1S/C17H18N4O3S2/c1-10-4-5-12(16-15(10)11(7-18)8-20-16)21-26(23,24)14-9-19-13(25-14)6-17(2,3)22/h4-5,8-9,20-22H,6H2,1-3H3. The molecule has 3 aromatic rings. The number of rotatable bonds is 5. The summed E-state index contributed by atoms with van der Waals surface area (Å²) >= 11 is 1.02. The van der Waals surface area contributed by atoms with Gasteiger partial charge >= 0.3 is 0 Å². The fourth-order valence-corrected chi connectivity index (χ4v) is 5.13. The molecule has 0 spiro atoms. The van der Waals surface area contributed by atoms with Gasteiger partial charge in [-0.1, -0.05) is 6.07 Å². The van der Waals surface area contributed by atoms with Gasteiger partial charge in [0.05, 0.1) is 33.6 Å². The van der Waals surface area contributed by atoms with E-state index in [1.54, 1.807) is 32.2 Å². The van der Waals surface area contributed by atoms with Crippen LogP contribution in [0.25, 0.3) is 10.9 Å². The second kappa shape index (κ2) is 6.39. The topological polar surface area (TPSA) is 119 Å². The van der Waals surface area contributed by atoms with Gasteiger partial charge in [-0.3, -0.25) is 4.72 Å². The third-order valence-corrected chi connectivity index (χ3v) is 6.61. The molecule has 9 heteroatoms. The molecule has 3 N–H and O–H groups in total. The van der Waals surface area contributed by atoms with Crippen LogP contribution >= 0.6 is 11.3 Å². The first-order valence-corrected chi connectivity index (χ1v) is 10.1. The molecule has 3 rings (SSSR count). The number of thiazole rings is 1. The van der Waals surface area contributed by atoms with Crippen molar-refractivity contribution in [1.29, 1.82) is 5.26 Å². The number of fused-ring (bicyclic) bond motifs is 1. The molecule has 0 unspecified atom stereocenters. The molecule has 0 atom stereocenters. The van der Waals surface area contributed by atoms with E-state index in [0.29, 0.717) is 27.2 Å². The van der Waals surface area contributed by atoms with Crippen LogP contribution in [0.5, 0.6) is 0 Å². The number of aryl methyl sites for hydroxylation is 1. The molecule has 2 aromatic heterocycles. The number of aliphatic hydroxyl groups is 1. The minimum atomic E-state index is -3.83. The summed E-state index contributed by atoms with van der Waals surface area (Å²) in [6, 6.07) is 5.52. The Bertz CT molecular complexity index is 1120. The lowest BCUT2D eigenvalue weighted by molar-refractivity contribution is 0.0809. The number of hydrogen-bond donors (Lipinski definition) is 3. The van der Waals surface area contributed by atoms with E-state index >= 15 is 0 Å². The minimum absolute atomic E-state index is 0.0672. The Labute approximate surface area is 155 Å². The predicted molar refractivity (Wildman–Crippen MR) is 101 cm³/mol. The maximum absolute atomic E-state index is 12.7. The summed E-state index contributed by atoms with van der Waals surface area (Å²) in [6.07, 6.45) is 3.11. The number of sulfonamides is 1. The van der Waals surface area contributed by atoms with Crippen molar-refractivity contribution in [3.8, 4) is 6.07 Å². The van der Waals surface area contributed by atoms with Gasteiger partial charge in [0.25, 0.3) is 10.0 Å². The summed E-state index contributed by atoms with van der Waals surface area (Å²) in [4.78, 5) is 7.06. The zero-order valence-electron chi connectivity index (χ0n) is 14.5. The quantitative estimate of drug-likeness (QED) is 0.619. The summed E-state index contributed by atoms with van der Waals surface area (Å²) in [5.74, 6) is 0. The first-order chi connectivity index (χ1) is 12.1. The largest absolute Gasteiger partial charge is 0.390 e. The molecule has 0 saturated heterocycles. The number of benzene rings is 1. The second-order valence-corrected chi connectivity index (χ2v) is 9.69. The molecule has 0 radical (unpaired) electrons. The maximum Gasteiger partial charge on any atom is 0.273 e. The van der Waals surface area contributed by atoms with E-state index in [4.69, 9.17) is 0 Å². The molecule has 0 fully saturated rings.